The maximum absolute atomic E-state index is 12.7. The van der Waals surface area contributed by atoms with Crippen molar-refractivity contribution in [1.82, 2.24) is 15.5 Å². The van der Waals surface area contributed by atoms with E-state index in [0.717, 1.165) is 0 Å². The summed E-state index contributed by atoms with van der Waals surface area (Å²) in [5, 5.41) is 6.34. The van der Waals surface area contributed by atoms with Crippen molar-refractivity contribution in [1.29, 1.82) is 0 Å². The number of nitrogens with zero attached hydrogens (tertiary/aromatic N) is 1. The zero-order chi connectivity index (χ0) is 19.4. The molecular formula is C18H35N3O3Si. The number of carbonyl (C=O) groups excluding carboxylic acids is 2. The first-order chi connectivity index (χ1) is 11.2. The second-order valence-electron chi connectivity index (χ2n) is 9.98. The topological polar surface area (TPSA) is 70.4 Å². The first-order valence-corrected chi connectivity index (χ1v) is 12.1. The number of nitrogens with one attached hydrogen (secondary N) is 2. The minimum atomic E-state index is -1.88. The van der Waals surface area contributed by atoms with Gasteiger partial charge in [0.2, 0.25) is 11.8 Å². The number of hydrogen-bond donors (Lipinski definition) is 2. The second-order valence-corrected chi connectivity index (χ2v) is 14.8. The molecule has 0 aliphatic carbocycles. The van der Waals surface area contributed by atoms with Crippen LogP contribution in [0.1, 0.15) is 48.5 Å². The minimum Gasteiger partial charge on any atom is -0.415 e. The summed E-state index contributed by atoms with van der Waals surface area (Å²) >= 11 is 0. The highest BCUT2D eigenvalue weighted by Gasteiger charge is 2.61. The summed E-state index contributed by atoms with van der Waals surface area (Å²) in [7, 11) is -1.88. The Morgan fingerprint density at radius 3 is 2.28 bits per heavy atom. The van der Waals surface area contributed by atoms with Crippen molar-refractivity contribution < 1.29 is 14.0 Å². The molecule has 2 saturated heterocycles. The first-order valence-electron chi connectivity index (χ1n) is 9.20. The van der Waals surface area contributed by atoms with Crippen molar-refractivity contribution in [3.05, 3.63) is 0 Å². The highest BCUT2D eigenvalue weighted by atomic mass is 28.4. The van der Waals surface area contributed by atoms with E-state index in [2.05, 4.69) is 44.5 Å². The Hall–Kier alpha value is -0.923. The lowest BCUT2D eigenvalue weighted by Crippen LogP contribution is -2.60. The van der Waals surface area contributed by atoms with Crippen molar-refractivity contribution in [3.63, 3.8) is 0 Å². The van der Waals surface area contributed by atoms with Crippen molar-refractivity contribution in [2.75, 3.05) is 6.61 Å². The monoisotopic (exact) mass is 369 g/mol. The van der Waals surface area contributed by atoms with Crippen LogP contribution < -0.4 is 10.6 Å². The van der Waals surface area contributed by atoms with Gasteiger partial charge in [0.25, 0.3) is 0 Å². The van der Waals surface area contributed by atoms with E-state index < -0.39 is 8.32 Å². The summed E-state index contributed by atoms with van der Waals surface area (Å²) in [6.07, 6.45) is 0. The molecule has 4 atom stereocenters. The van der Waals surface area contributed by atoms with Gasteiger partial charge >= 0.3 is 0 Å². The van der Waals surface area contributed by atoms with Crippen molar-refractivity contribution >= 4 is 20.1 Å². The van der Waals surface area contributed by atoms with Crippen LogP contribution in [0.15, 0.2) is 0 Å². The van der Waals surface area contributed by atoms with Crippen LogP contribution in [0.3, 0.4) is 0 Å². The molecule has 0 aromatic rings. The summed E-state index contributed by atoms with van der Waals surface area (Å²) in [6, 6.07) is -0.824. The molecule has 2 rings (SSSR count). The van der Waals surface area contributed by atoms with Gasteiger partial charge in [0.15, 0.2) is 8.32 Å². The third kappa shape index (κ3) is 4.26. The van der Waals surface area contributed by atoms with Gasteiger partial charge in [0.05, 0.1) is 24.7 Å². The third-order valence-electron chi connectivity index (χ3n) is 5.58. The third-order valence-corrected chi connectivity index (χ3v) is 10.1. The van der Waals surface area contributed by atoms with Crippen molar-refractivity contribution in [2.45, 2.75) is 96.3 Å². The molecule has 0 saturated carbocycles. The second kappa shape index (κ2) is 6.35. The Bertz CT molecular complexity index is 551. The Morgan fingerprint density at radius 1 is 1.24 bits per heavy atom. The molecule has 0 bridgehead atoms. The van der Waals surface area contributed by atoms with Crippen LogP contribution in [0.4, 0.5) is 0 Å². The Labute approximate surface area is 153 Å². The molecule has 2 fully saturated rings. The van der Waals surface area contributed by atoms with Gasteiger partial charge in [-0.2, -0.15) is 0 Å². The van der Waals surface area contributed by atoms with Crippen LogP contribution >= 0.6 is 0 Å². The molecule has 25 heavy (non-hydrogen) atoms. The van der Waals surface area contributed by atoms with Gasteiger partial charge in [-0.3, -0.25) is 14.9 Å². The lowest BCUT2D eigenvalue weighted by molar-refractivity contribution is -0.133. The number of hydrogen-bond acceptors (Lipinski definition) is 4. The molecule has 0 aromatic heterocycles. The number of rotatable bonds is 4. The van der Waals surface area contributed by atoms with Crippen LogP contribution in [0.5, 0.6) is 0 Å². The fourth-order valence-electron chi connectivity index (χ4n) is 3.02. The zero-order valence-electron chi connectivity index (χ0n) is 17.2. The summed E-state index contributed by atoms with van der Waals surface area (Å²) in [5.41, 5.74) is -0.295. The van der Waals surface area contributed by atoms with E-state index in [1.54, 1.807) is 0 Å². The van der Waals surface area contributed by atoms with E-state index in [9.17, 15) is 9.59 Å². The lowest BCUT2D eigenvalue weighted by Gasteiger charge is -2.36. The van der Waals surface area contributed by atoms with E-state index >= 15 is 0 Å². The van der Waals surface area contributed by atoms with E-state index in [4.69, 9.17) is 4.43 Å². The summed E-state index contributed by atoms with van der Waals surface area (Å²) in [4.78, 5) is 26.9. The van der Waals surface area contributed by atoms with Gasteiger partial charge in [0, 0.05) is 5.54 Å². The molecule has 0 radical (unpaired) electrons. The Balaban J connectivity index is 2.07. The molecule has 0 aromatic carbocycles. The molecule has 0 spiro atoms. The van der Waals surface area contributed by atoms with Crippen LogP contribution in [0, 0.1) is 0 Å². The molecule has 144 valence electrons. The van der Waals surface area contributed by atoms with Gasteiger partial charge in [-0.15, -0.1) is 0 Å². The van der Waals surface area contributed by atoms with E-state index in [-0.39, 0.29) is 46.6 Å². The Kier molecular flexibility index (Phi) is 5.18. The average molecular weight is 370 g/mol. The van der Waals surface area contributed by atoms with Gasteiger partial charge in [-0.05, 0) is 45.8 Å². The molecule has 7 heteroatoms. The van der Waals surface area contributed by atoms with Crippen LogP contribution in [-0.4, -0.2) is 61.3 Å². The summed E-state index contributed by atoms with van der Waals surface area (Å²) in [5.74, 6) is 0.0188. The molecular weight excluding hydrogens is 334 g/mol. The maximum Gasteiger partial charge on any atom is 0.240 e. The lowest BCUT2D eigenvalue weighted by atomic mass is 10.0. The van der Waals surface area contributed by atoms with Crippen LogP contribution in [-0.2, 0) is 14.0 Å². The van der Waals surface area contributed by atoms with Crippen LogP contribution in [0.25, 0.3) is 0 Å². The fourth-order valence-corrected chi connectivity index (χ4v) is 4.04. The molecule has 4 unspecified atom stereocenters. The van der Waals surface area contributed by atoms with Gasteiger partial charge in [0.1, 0.15) is 6.04 Å². The maximum atomic E-state index is 12.7. The standard InChI is InChI=1S/C18H35N3O3Si/c1-11-16(23)21-12(10-24-25(8,9)18(5,6)7)14(21)13(19-11)15(22)20-17(2,3)4/h11-14,19H,10H2,1-9H3,(H,20,22). The molecule has 2 aliphatic heterocycles. The molecule has 2 aliphatic rings. The van der Waals surface area contributed by atoms with E-state index in [1.165, 1.54) is 0 Å². The number of carbonyl (C=O) groups is 2. The van der Waals surface area contributed by atoms with E-state index in [0.29, 0.717) is 6.61 Å². The van der Waals surface area contributed by atoms with Crippen molar-refractivity contribution in [2.24, 2.45) is 0 Å². The van der Waals surface area contributed by atoms with Gasteiger partial charge in [-0.1, -0.05) is 20.8 Å². The normalized spacial score (nSPS) is 30.1. The smallest absolute Gasteiger partial charge is 0.240 e. The minimum absolute atomic E-state index is 0.00482. The molecule has 2 amide bonds. The van der Waals surface area contributed by atoms with E-state index in [1.807, 2.05) is 32.6 Å². The number of amides is 2. The van der Waals surface area contributed by atoms with Crippen LogP contribution in [0.2, 0.25) is 18.1 Å². The number of fused-ring (bicyclic) bond motifs is 1. The zero-order valence-corrected chi connectivity index (χ0v) is 18.2. The van der Waals surface area contributed by atoms with Gasteiger partial charge in [-0.25, -0.2) is 0 Å². The largest absolute Gasteiger partial charge is 0.415 e. The average Bonchev–Trinajstić information content (AvgIpc) is 3.12. The quantitative estimate of drug-likeness (QED) is 0.586. The Morgan fingerprint density at radius 2 is 1.80 bits per heavy atom. The molecule has 2 heterocycles. The first kappa shape index (κ1) is 20.4. The fraction of sp³-hybridized carbons (Fsp3) is 0.889. The highest BCUT2D eigenvalue weighted by molar-refractivity contribution is 6.74. The van der Waals surface area contributed by atoms with Gasteiger partial charge < -0.3 is 14.6 Å². The molecule has 6 nitrogen and oxygen atoms in total. The predicted molar refractivity (Wildman–Crippen MR) is 102 cm³/mol. The number of piperazine rings is 1. The summed E-state index contributed by atoms with van der Waals surface area (Å²) in [6.45, 7) is 19.2. The SMILES string of the molecule is CC1NC(C(=O)NC(C)(C)C)C2C(CO[Si](C)(C)C(C)(C)C)N2C1=O. The highest BCUT2D eigenvalue weighted by Crippen LogP contribution is 2.40. The van der Waals surface area contributed by atoms with Crippen molar-refractivity contribution in [3.8, 4) is 0 Å². The molecule has 2 N–H and O–H groups in total. The predicted octanol–water partition coefficient (Wildman–Crippen LogP) is 1.86. The summed E-state index contributed by atoms with van der Waals surface area (Å²) < 4.78 is 6.31.